The first kappa shape index (κ1) is 15.8. The van der Waals surface area contributed by atoms with Gasteiger partial charge in [-0.25, -0.2) is 0 Å². The van der Waals surface area contributed by atoms with E-state index >= 15 is 0 Å². The number of allylic oxidation sites excluding steroid dienone is 2. The third-order valence-corrected chi connectivity index (χ3v) is 3.92. The van der Waals surface area contributed by atoms with Crippen LogP contribution in [0.3, 0.4) is 0 Å². The zero-order valence-corrected chi connectivity index (χ0v) is 13.2. The molecule has 2 rings (SSSR count). The minimum absolute atomic E-state index is 0.200. The maximum atomic E-state index is 4.22. The summed E-state index contributed by atoms with van der Waals surface area (Å²) in [5.74, 6) is 0.200. The molecule has 0 aliphatic rings. The Balaban J connectivity index is 2.11. The van der Waals surface area contributed by atoms with Crippen molar-refractivity contribution >= 4 is 5.57 Å². The van der Waals surface area contributed by atoms with Gasteiger partial charge in [0, 0.05) is 18.7 Å². The summed E-state index contributed by atoms with van der Waals surface area (Å²) in [6.45, 7) is 12.1. The van der Waals surface area contributed by atoms with Crippen LogP contribution in [-0.2, 0) is 0 Å². The van der Waals surface area contributed by atoms with Gasteiger partial charge >= 0.3 is 0 Å². The van der Waals surface area contributed by atoms with Crippen molar-refractivity contribution < 1.29 is 0 Å². The molecule has 0 saturated carbocycles. The van der Waals surface area contributed by atoms with E-state index in [0.717, 1.165) is 23.3 Å². The van der Waals surface area contributed by atoms with Crippen LogP contribution in [-0.4, -0.2) is 7.05 Å². The first-order valence-corrected chi connectivity index (χ1v) is 7.48. The Morgan fingerprint density at radius 2 is 1.59 bits per heavy atom. The fourth-order valence-electron chi connectivity index (χ4n) is 2.45. The van der Waals surface area contributed by atoms with Crippen molar-refractivity contribution in [1.29, 1.82) is 0 Å². The van der Waals surface area contributed by atoms with Crippen molar-refractivity contribution in [2.75, 3.05) is 7.05 Å². The molecule has 0 fully saturated rings. The smallest absolute Gasteiger partial charge is 0.0198 e. The van der Waals surface area contributed by atoms with Crippen molar-refractivity contribution in [3.8, 4) is 11.1 Å². The number of hydrogen-bond donors (Lipinski definition) is 1. The molecule has 1 atom stereocenters. The van der Waals surface area contributed by atoms with Crippen LogP contribution >= 0.6 is 0 Å². The van der Waals surface area contributed by atoms with Gasteiger partial charge in [-0.15, -0.1) is 6.58 Å². The van der Waals surface area contributed by atoms with Crippen LogP contribution < -0.4 is 5.32 Å². The summed E-state index contributed by atoms with van der Waals surface area (Å²) in [7, 11) is 1.89. The van der Waals surface area contributed by atoms with E-state index in [9.17, 15) is 0 Å². The van der Waals surface area contributed by atoms with Crippen LogP contribution in [0.1, 0.15) is 12.0 Å². The summed E-state index contributed by atoms with van der Waals surface area (Å²) in [6, 6.07) is 18.9. The summed E-state index contributed by atoms with van der Waals surface area (Å²) < 4.78 is 0. The molecule has 1 nitrogen and oxygen atoms in total. The van der Waals surface area contributed by atoms with E-state index in [1.165, 1.54) is 11.1 Å². The average molecular weight is 289 g/mol. The summed E-state index contributed by atoms with van der Waals surface area (Å²) >= 11 is 0. The van der Waals surface area contributed by atoms with Gasteiger partial charge in [-0.1, -0.05) is 73.8 Å². The third kappa shape index (κ3) is 3.76. The Bertz CT molecular complexity index is 650. The lowest BCUT2D eigenvalue weighted by atomic mass is 9.92. The predicted octanol–water partition coefficient (Wildman–Crippen LogP) is 5.29. The number of nitrogens with one attached hydrogen (secondary N) is 1. The van der Waals surface area contributed by atoms with E-state index in [0.29, 0.717) is 0 Å². The summed E-state index contributed by atoms with van der Waals surface area (Å²) in [4.78, 5) is 0. The zero-order chi connectivity index (χ0) is 15.9. The van der Waals surface area contributed by atoms with Crippen LogP contribution in [0.2, 0.25) is 0 Å². The fourth-order valence-corrected chi connectivity index (χ4v) is 2.45. The molecule has 0 amide bonds. The average Bonchev–Trinajstić information content (AvgIpc) is 2.59. The molecule has 0 radical (unpaired) electrons. The van der Waals surface area contributed by atoms with Crippen molar-refractivity contribution in [1.82, 2.24) is 5.32 Å². The van der Waals surface area contributed by atoms with Crippen LogP contribution in [0.5, 0.6) is 0 Å². The Morgan fingerprint density at radius 3 is 2.14 bits per heavy atom. The lowest BCUT2D eigenvalue weighted by Gasteiger charge is -2.17. The van der Waals surface area contributed by atoms with Crippen LogP contribution in [0.4, 0.5) is 0 Å². The molecule has 1 N–H and O–H groups in total. The maximum Gasteiger partial charge on any atom is 0.0198 e. The molecule has 0 heterocycles. The van der Waals surface area contributed by atoms with Gasteiger partial charge in [0.05, 0.1) is 0 Å². The second kappa shape index (κ2) is 7.46. The normalized spacial score (nSPS) is 11.5. The van der Waals surface area contributed by atoms with Gasteiger partial charge < -0.3 is 5.32 Å². The largest absolute Gasteiger partial charge is 0.391 e. The highest BCUT2D eigenvalue weighted by Gasteiger charge is 2.10. The Labute approximate surface area is 133 Å². The van der Waals surface area contributed by atoms with Crippen LogP contribution in [0.15, 0.2) is 86.1 Å². The Morgan fingerprint density at radius 1 is 1.00 bits per heavy atom. The van der Waals surface area contributed by atoms with E-state index in [1.807, 2.05) is 19.2 Å². The summed E-state index contributed by atoms with van der Waals surface area (Å²) in [6.07, 6.45) is 2.75. The van der Waals surface area contributed by atoms with E-state index in [4.69, 9.17) is 0 Å². The molecule has 0 aliphatic carbocycles. The molecule has 0 bridgehead atoms. The molecule has 2 aromatic rings. The quantitative estimate of drug-likeness (QED) is 0.683. The molecule has 1 heteroatoms. The van der Waals surface area contributed by atoms with Gasteiger partial charge in [-0.2, -0.15) is 0 Å². The second-order valence-electron chi connectivity index (χ2n) is 5.37. The first-order valence-electron chi connectivity index (χ1n) is 7.48. The molecule has 112 valence electrons. The van der Waals surface area contributed by atoms with Gasteiger partial charge in [-0.3, -0.25) is 0 Å². The van der Waals surface area contributed by atoms with E-state index in [1.54, 1.807) is 0 Å². The third-order valence-electron chi connectivity index (χ3n) is 3.92. The number of benzene rings is 2. The van der Waals surface area contributed by atoms with E-state index < -0.39 is 0 Å². The van der Waals surface area contributed by atoms with Gasteiger partial charge in [0.2, 0.25) is 0 Å². The highest BCUT2D eigenvalue weighted by Crippen LogP contribution is 2.27. The molecule has 0 aromatic heterocycles. The van der Waals surface area contributed by atoms with Gasteiger partial charge in [0.1, 0.15) is 0 Å². The van der Waals surface area contributed by atoms with Crippen molar-refractivity contribution in [3.63, 3.8) is 0 Å². The molecule has 2 aromatic carbocycles. The SMILES string of the molecule is C=CC(CC(=C)c1ccc(-c2ccccc2)cc1)C(=C)NC. The van der Waals surface area contributed by atoms with Crippen LogP contribution in [0.25, 0.3) is 16.7 Å². The molecule has 22 heavy (non-hydrogen) atoms. The van der Waals surface area contributed by atoms with Gasteiger partial charge in [-0.05, 0) is 28.7 Å². The minimum atomic E-state index is 0.200. The van der Waals surface area contributed by atoms with Crippen molar-refractivity contribution in [3.05, 3.63) is 91.7 Å². The standard InChI is InChI=1S/C21H23N/c1-5-18(17(3)22-4)15-16(2)19-11-13-21(14-12-19)20-9-7-6-8-10-20/h5-14,18,22H,1-3,15H2,4H3. The first-order chi connectivity index (χ1) is 10.7. The van der Waals surface area contributed by atoms with Gasteiger partial charge in [0.25, 0.3) is 0 Å². The Kier molecular flexibility index (Phi) is 5.37. The molecular formula is C21H23N. The van der Waals surface area contributed by atoms with Gasteiger partial charge in [0.15, 0.2) is 0 Å². The molecule has 1 unspecified atom stereocenters. The molecule has 0 aliphatic heterocycles. The topological polar surface area (TPSA) is 12.0 Å². The van der Waals surface area contributed by atoms with Crippen molar-refractivity contribution in [2.24, 2.45) is 5.92 Å². The van der Waals surface area contributed by atoms with E-state index in [-0.39, 0.29) is 5.92 Å². The highest BCUT2D eigenvalue weighted by molar-refractivity contribution is 5.69. The number of hydrogen-bond acceptors (Lipinski definition) is 1. The van der Waals surface area contributed by atoms with Crippen molar-refractivity contribution in [2.45, 2.75) is 6.42 Å². The summed E-state index contributed by atoms with van der Waals surface area (Å²) in [5.41, 5.74) is 5.68. The van der Waals surface area contributed by atoms with Crippen LogP contribution in [0, 0.1) is 5.92 Å². The monoisotopic (exact) mass is 289 g/mol. The second-order valence-corrected chi connectivity index (χ2v) is 5.37. The lowest BCUT2D eigenvalue weighted by molar-refractivity contribution is 0.722. The maximum absolute atomic E-state index is 4.22. The number of rotatable bonds is 7. The van der Waals surface area contributed by atoms with E-state index in [2.05, 4.69) is 73.6 Å². The summed E-state index contributed by atoms with van der Waals surface area (Å²) in [5, 5.41) is 3.10. The predicted molar refractivity (Wildman–Crippen MR) is 97.4 cm³/mol. The Hall–Kier alpha value is -2.54. The molecule has 0 spiro atoms. The minimum Gasteiger partial charge on any atom is -0.391 e. The molecule has 0 saturated heterocycles. The zero-order valence-electron chi connectivity index (χ0n) is 13.2. The highest BCUT2D eigenvalue weighted by atomic mass is 14.8. The lowest BCUT2D eigenvalue weighted by Crippen LogP contribution is -2.13. The molecular weight excluding hydrogens is 266 g/mol. The fraction of sp³-hybridized carbons (Fsp3) is 0.143.